The van der Waals surface area contributed by atoms with Crippen LogP contribution in [0.4, 0.5) is 0 Å². The summed E-state index contributed by atoms with van der Waals surface area (Å²) in [5.74, 6) is 1.38. The number of carbonyl (C=O) groups excluding carboxylic acids is 1. The minimum Gasteiger partial charge on any atom is -0.493 e. The smallest absolute Gasteiger partial charge is 0.244 e. The van der Waals surface area contributed by atoms with E-state index in [1.165, 1.54) is 19.3 Å². The van der Waals surface area contributed by atoms with Gasteiger partial charge in [-0.2, -0.15) is 5.26 Å². The minimum absolute atomic E-state index is 0.0277. The van der Waals surface area contributed by atoms with Crippen molar-refractivity contribution in [3.8, 4) is 17.6 Å². The van der Waals surface area contributed by atoms with Crippen molar-refractivity contribution in [1.29, 1.82) is 5.26 Å². The predicted molar refractivity (Wildman–Crippen MR) is 117 cm³/mol. The molecule has 5 nitrogen and oxygen atoms in total. The highest BCUT2D eigenvalue weighted by Crippen LogP contribution is 2.34. The van der Waals surface area contributed by atoms with Gasteiger partial charge in [0, 0.05) is 6.08 Å². The highest BCUT2D eigenvalue weighted by atomic mass is 16.5. The summed E-state index contributed by atoms with van der Waals surface area (Å²) in [6, 6.07) is 17.5. The maximum Gasteiger partial charge on any atom is 0.244 e. The molecule has 156 valence electrons. The van der Waals surface area contributed by atoms with Gasteiger partial charge < -0.3 is 14.8 Å². The molecule has 1 aliphatic rings. The number of hydrogen-bond acceptors (Lipinski definition) is 4. The molecule has 0 bridgehead atoms. The van der Waals surface area contributed by atoms with Gasteiger partial charge in [-0.15, -0.1) is 0 Å². The fourth-order valence-electron chi connectivity index (χ4n) is 3.99. The molecular weight excluding hydrogens is 376 g/mol. The molecule has 0 aromatic heterocycles. The summed E-state index contributed by atoms with van der Waals surface area (Å²) >= 11 is 0. The van der Waals surface area contributed by atoms with Gasteiger partial charge in [-0.05, 0) is 48.1 Å². The van der Waals surface area contributed by atoms with Crippen LogP contribution < -0.4 is 14.8 Å². The Morgan fingerprint density at radius 2 is 1.93 bits per heavy atom. The Kier molecular flexibility index (Phi) is 7.91. The van der Waals surface area contributed by atoms with Gasteiger partial charge in [-0.25, -0.2) is 0 Å². The second kappa shape index (κ2) is 11.1. The van der Waals surface area contributed by atoms with Crippen molar-refractivity contribution >= 4 is 12.0 Å². The molecule has 2 aromatic carbocycles. The molecule has 0 heterocycles. The standard InChI is InChI=1S/C25H28N2O3/c1-29-23-18-19(12-14-22(23)30-17-16-26)13-15-24(28)27-25(20-8-4-2-5-9-20)21-10-6-3-7-11-21/h2,4-5,8-9,12-15,18,21,25H,3,6-7,10-11,17H2,1H3,(H,27,28)/b15-13+. The van der Waals surface area contributed by atoms with E-state index in [0.29, 0.717) is 17.4 Å². The van der Waals surface area contributed by atoms with Crippen LogP contribution in [0.2, 0.25) is 0 Å². The maximum atomic E-state index is 12.7. The van der Waals surface area contributed by atoms with Crippen molar-refractivity contribution in [2.75, 3.05) is 13.7 Å². The van der Waals surface area contributed by atoms with Crippen LogP contribution >= 0.6 is 0 Å². The summed E-state index contributed by atoms with van der Waals surface area (Å²) in [5.41, 5.74) is 1.98. The van der Waals surface area contributed by atoms with Crippen LogP contribution in [0.3, 0.4) is 0 Å². The lowest BCUT2D eigenvalue weighted by Crippen LogP contribution is -2.33. The van der Waals surface area contributed by atoms with E-state index < -0.39 is 0 Å². The second-order valence-corrected chi connectivity index (χ2v) is 7.49. The number of carbonyl (C=O) groups is 1. The lowest BCUT2D eigenvalue weighted by molar-refractivity contribution is -0.117. The molecular formula is C25H28N2O3. The first-order valence-electron chi connectivity index (χ1n) is 10.4. The molecule has 1 aliphatic carbocycles. The topological polar surface area (TPSA) is 71.3 Å². The quantitative estimate of drug-likeness (QED) is 0.625. The van der Waals surface area contributed by atoms with E-state index in [1.807, 2.05) is 30.3 Å². The van der Waals surface area contributed by atoms with Gasteiger partial charge in [0.05, 0.1) is 13.2 Å². The third kappa shape index (κ3) is 5.87. The lowest BCUT2D eigenvalue weighted by Gasteiger charge is -2.31. The number of nitriles is 1. The Labute approximate surface area is 178 Å². The molecule has 0 aliphatic heterocycles. The Bertz CT molecular complexity index is 896. The molecule has 5 heteroatoms. The van der Waals surface area contributed by atoms with Crippen LogP contribution in [0.5, 0.6) is 11.5 Å². The normalized spacial score (nSPS) is 15.3. The Morgan fingerprint density at radius 3 is 2.63 bits per heavy atom. The molecule has 0 saturated heterocycles. The Balaban J connectivity index is 1.70. The average molecular weight is 405 g/mol. The minimum atomic E-state index is -0.113. The number of nitrogens with zero attached hydrogens (tertiary/aromatic N) is 1. The summed E-state index contributed by atoms with van der Waals surface area (Å²) < 4.78 is 10.7. The van der Waals surface area contributed by atoms with Crippen LogP contribution in [0.1, 0.15) is 49.3 Å². The summed E-state index contributed by atoms with van der Waals surface area (Å²) in [7, 11) is 1.55. The van der Waals surface area contributed by atoms with Crippen LogP contribution in [0, 0.1) is 17.2 Å². The number of rotatable bonds is 8. The van der Waals surface area contributed by atoms with E-state index in [4.69, 9.17) is 14.7 Å². The zero-order valence-corrected chi connectivity index (χ0v) is 17.3. The molecule has 2 aromatic rings. The van der Waals surface area contributed by atoms with Gasteiger partial charge in [0.2, 0.25) is 5.91 Å². The van der Waals surface area contributed by atoms with Crippen LogP contribution in [-0.2, 0) is 4.79 Å². The van der Waals surface area contributed by atoms with Crippen molar-refractivity contribution in [2.45, 2.75) is 38.1 Å². The first-order chi connectivity index (χ1) is 14.7. The summed E-state index contributed by atoms with van der Waals surface area (Å²) in [5, 5.41) is 11.9. The number of nitrogens with one attached hydrogen (secondary N) is 1. The van der Waals surface area contributed by atoms with E-state index in [-0.39, 0.29) is 18.6 Å². The van der Waals surface area contributed by atoms with Crippen LogP contribution in [-0.4, -0.2) is 19.6 Å². The summed E-state index contributed by atoms with van der Waals surface area (Å²) in [6.07, 6.45) is 9.33. The van der Waals surface area contributed by atoms with E-state index >= 15 is 0 Å². The Hall–Kier alpha value is -3.26. The van der Waals surface area contributed by atoms with Crippen molar-refractivity contribution in [1.82, 2.24) is 5.32 Å². The van der Waals surface area contributed by atoms with Crippen LogP contribution in [0.15, 0.2) is 54.6 Å². The summed E-state index contributed by atoms with van der Waals surface area (Å²) in [6.45, 7) is -0.0456. The number of hydrogen-bond donors (Lipinski definition) is 1. The Morgan fingerprint density at radius 1 is 1.17 bits per heavy atom. The molecule has 0 spiro atoms. The van der Waals surface area contributed by atoms with Gasteiger partial charge >= 0.3 is 0 Å². The monoisotopic (exact) mass is 404 g/mol. The first-order valence-corrected chi connectivity index (χ1v) is 10.4. The highest BCUT2D eigenvalue weighted by Gasteiger charge is 2.25. The third-order valence-corrected chi connectivity index (χ3v) is 5.48. The molecule has 1 atom stereocenters. The van der Waals surface area contributed by atoms with E-state index in [2.05, 4.69) is 17.4 Å². The molecule has 1 unspecified atom stereocenters. The van der Waals surface area contributed by atoms with Gasteiger partial charge in [0.1, 0.15) is 6.07 Å². The first kappa shape index (κ1) is 21.4. The van der Waals surface area contributed by atoms with Gasteiger partial charge in [-0.3, -0.25) is 4.79 Å². The van der Waals surface area contributed by atoms with Crippen molar-refractivity contribution in [3.63, 3.8) is 0 Å². The number of benzene rings is 2. The molecule has 0 radical (unpaired) electrons. The SMILES string of the molecule is COc1cc(/C=C/C(=O)NC(c2ccccc2)C2CCCCC2)ccc1OCC#N. The fraction of sp³-hybridized carbons (Fsp3) is 0.360. The number of ether oxygens (including phenoxy) is 2. The van der Waals surface area contributed by atoms with E-state index in [0.717, 1.165) is 24.0 Å². The van der Waals surface area contributed by atoms with Gasteiger partial charge in [0.25, 0.3) is 0 Å². The molecule has 1 N–H and O–H groups in total. The summed E-state index contributed by atoms with van der Waals surface area (Å²) in [4.78, 5) is 12.7. The van der Waals surface area contributed by atoms with E-state index in [9.17, 15) is 4.79 Å². The van der Waals surface area contributed by atoms with Crippen molar-refractivity contribution in [2.24, 2.45) is 5.92 Å². The third-order valence-electron chi connectivity index (χ3n) is 5.48. The molecule has 30 heavy (non-hydrogen) atoms. The van der Waals surface area contributed by atoms with Gasteiger partial charge in [-0.1, -0.05) is 55.7 Å². The molecule has 3 rings (SSSR count). The van der Waals surface area contributed by atoms with Gasteiger partial charge in [0.15, 0.2) is 18.1 Å². The van der Waals surface area contributed by atoms with Crippen LogP contribution in [0.25, 0.3) is 6.08 Å². The fourth-order valence-corrected chi connectivity index (χ4v) is 3.99. The largest absolute Gasteiger partial charge is 0.493 e. The lowest BCUT2D eigenvalue weighted by atomic mass is 9.81. The van der Waals surface area contributed by atoms with Crippen molar-refractivity contribution in [3.05, 3.63) is 65.7 Å². The zero-order valence-electron chi connectivity index (χ0n) is 17.3. The highest BCUT2D eigenvalue weighted by molar-refractivity contribution is 5.92. The molecule has 1 amide bonds. The molecule has 1 fully saturated rings. The second-order valence-electron chi connectivity index (χ2n) is 7.49. The number of amides is 1. The maximum absolute atomic E-state index is 12.7. The van der Waals surface area contributed by atoms with Crippen molar-refractivity contribution < 1.29 is 14.3 Å². The number of methoxy groups -OCH3 is 1. The molecule has 1 saturated carbocycles. The average Bonchev–Trinajstić information content (AvgIpc) is 2.81. The zero-order chi connectivity index (χ0) is 21.2. The predicted octanol–water partition coefficient (Wildman–Crippen LogP) is 5.05. The van der Waals surface area contributed by atoms with E-state index in [1.54, 1.807) is 31.4 Å².